The number of rotatable bonds is 16. The van der Waals surface area contributed by atoms with Gasteiger partial charge in [0, 0.05) is 129 Å². The summed E-state index contributed by atoms with van der Waals surface area (Å²) in [5.41, 5.74) is 7.96. The van der Waals surface area contributed by atoms with Gasteiger partial charge in [0.2, 0.25) is 23.7 Å². The molecule has 0 bridgehead atoms. The van der Waals surface area contributed by atoms with Crippen LogP contribution >= 0.6 is 0 Å². The Morgan fingerprint density at radius 1 is 0.553 bits per heavy atom. The van der Waals surface area contributed by atoms with E-state index >= 15 is 0 Å². The summed E-state index contributed by atoms with van der Waals surface area (Å²) >= 11 is 0. The van der Waals surface area contributed by atoms with Crippen molar-refractivity contribution in [2.24, 2.45) is 0 Å². The molecule has 2 fully saturated rings. The second kappa shape index (κ2) is 25.9. The highest BCUT2D eigenvalue weighted by molar-refractivity contribution is 5.99. The van der Waals surface area contributed by atoms with Crippen LogP contribution in [0, 0.1) is 13.8 Å². The van der Waals surface area contributed by atoms with Gasteiger partial charge in [0.05, 0.1) is 32.7 Å². The maximum Gasteiger partial charge on any atom is 0.409 e. The van der Waals surface area contributed by atoms with Crippen LogP contribution < -0.4 is 56.5 Å². The Labute approximate surface area is 441 Å². The van der Waals surface area contributed by atoms with Gasteiger partial charge in [-0.2, -0.15) is 9.97 Å². The molecule has 0 radical (unpaired) electrons. The monoisotopic (exact) mass is 1030 g/mol. The van der Waals surface area contributed by atoms with E-state index in [-0.39, 0.29) is 23.9 Å². The zero-order chi connectivity index (χ0) is 54.1. The molecule has 22 heteroatoms. The number of nitrogens with zero attached hydrogens (tertiary/aromatic N) is 8. The van der Waals surface area contributed by atoms with Gasteiger partial charge >= 0.3 is 12.1 Å². The van der Waals surface area contributed by atoms with Crippen LogP contribution in [-0.2, 0) is 14.3 Å². The lowest BCUT2D eigenvalue weighted by Crippen LogP contribution is -2.51. The number of nitrogens with one attached hydrogen (secondary N) is 7. The molecule has 4 aromatic carbocycles. The third-order valence-electron chi connectivity index (χ3n) is 12.2. The topological polar surface area (TPSA) is 245 Å². The number of ether oxygens (including phenoxy) is 3. The lowest BCUT2D eigenvalue weighted by atomic mass is 10.2. The Kier molecular flexibility index (Phi) is 18.4. The van der Waals surface area contributed by atoms with Gasteiger partial charge in [-0.05, 0) is 86.7 Å². The van der Waals surface area contributed by atoms with Gasteiger partial charge in [0.1, 0.15) is 23.1 Å². The molecule has 2 aliphatic heterocycles. The Morgan fingerprint density at radius 3 is 1.37 bits per heavy atom. The third kappa shape index (κ3) is 14.3. The summed E-state index contributed by atoms with van der Waals surface area (Å²) in [7, 11) is 6.27. The minimum atomic E-state index is -0.305. The number of aromatic nitrogens is 4. The fraction of sp³-hybridized carbons (Fsp3) is 0.259. The van der Waals surface area contributed by atoms with Gasteiger partial charge < -0.3 is 71.0 Å². The fourth-order valence-electron chi connectivity index (χ4n) is 8.07. The van der Waals surface area contributed by atoms with Crippen molar-refractivity contribution < 1.29 is 33.4 Å². The molecule has 396 valence electrons. The Morgan fingerprint density at radius 2 is 0.974 bits per heavy atom. The van der Waals surface area contributed by atoms with Crippen molar-refractivity contribution in [3.05, 3.63) is 134 Å². The number of aryl methyl sites for hydroxylation is 2. The second-order valence-corrected chi connectivity index (χ2v) is 17.2. The molecule has 8 rings (SSSR count). The van der Waals surface area contributed by atoms with Crippen LogP contribution in [0.1, 0.15) is 11.1 Å². The van der Waals surface area contributed by atoms with Gasteiger partial charge in [0.15, 0.2) is 0 Å². The largest absolute Gasteiger partial charge is 0.494 e. The number of urea groups is 1. The van der Waals surface area contributed by atoms with E-state index < -0.39 is 0 Å². The number of carbonyl (C=O) groups excluding carboxylic acids is 4. The molecule has 5 amide bonds. The molecule has 0 aliphatic carbocycles. The molecular formula is C54H63N15O7. The van der Waals surface area contributed by atoms with E-state index in [0.29, 0.717) is 91.4 Å². The van der Waals surface area contributed by atoms with Crippen LogP contribution in [0.2, 0.25) is 0 Å². The maximum atomic E-state index is 11.9. The number of hydrogen-bond donors (Lipinski definition) is 7. The van der Waals surface area contributed by atoms with Crippen LogP contribution in [0.25, 0.3) is 0 Å². The molecule has 0 unspecified atom stereocenters. The van der Waals surface area contributed by atoms with Crippen molar-refractivity contribution in [2.75, 3.05) is 122 Å². The molecule has 7 N–H and O–H groups in total. The van der Waals surface area contributed by atoms with Crippen molar-refractivity contribution in [3.63, 3.8) is 0 Å². The second-order valence-electron chi connectivity index (χ2n) is 17.2. The van der Waals surface area contributed by atoms with Gasteiger partial charge in [-0.25, -0.2) is 19.6 Å². The molecule has 76 heavy (non-hydrogen) atoms. The van der Waals surface area contributed by atoms with Crippen LogP contribution in [0.15, 0.2) is 123 Å². The van der Waals surface area contributed by atoms with E-state index in [1.54, 1.807) is 55.6 Å². The van der Waals surface area contributed by atoms with Crippen LogP contribution in [0.5, 0.6) is 11.5 Å². The van der Waals surface area contributed by atoms with Crippen LogP contribution in [0.4, 0.5) is 78.6 Å². The summed E-state index contributed by atoms with van der Waals surface area (Å²) < 4.78 is 16.1. The van der Waals surface area contributed by atoms with E-state index in [4.69, 9.17) is 14.2 Å². The normalized spacial score (nSPS) is 12.9. The SMILES string of the molecule is C=CC(=O)Nc1cccc(Nc2nc(Nc3ccc(N4CCN(C(=O)NC)CC4)cc3OC)ncc2C)c1.C=CC(=O)Nc1cccc(Nc2nc(Nc3ccc(N4CCN(C(=O)OC)CC4)cc3OC)ncc2C)c1. The van der Waals surface area contributed by atoms with Crippen LogP contribution in [0.3, 0.4) is 0 Å². The number of anilines is 12. The van der Waals surface area contributed by atoms with Crippen molar-refractivity contribution in [1.82, 2.24) is 35.1 Å². The van der Waals surface area contributed by atoms with Crippen molar-refractivity contribution in [1.29, 1.82) is 0 Å². The highest BCUT2D eigenvalue weighted by Gasteiger charge is 2.24. The quantitative estimate of drug-likeness (QED) is 0.0452. The van der Waals surface area contributed by atoms with E-state index in [2.05, 4.69) is 80.1 Å². The Bertz CT molecular complexity index is 2850. The molecule has 22 nitrogen and oxygen atoms in total. The van der Waals surface area contributed by atoms with Gasteiger partial charge in [-0.3, -0.25) is 9.59 Å². The van der Waals surface area contributed by atoms with Gasteiger partial charge in [-0.1, -0.05) is 25.3 Å². The number of carbonyl (C=O) groups is 4. The first-order valence-electron chi connectivity index (χ1n) is 24.3. The number of amides is 5. The first kappa shape index (κ1) is 54.2. The molecule has 2 aromatic heterocycles. The highest BCUT2D eigenvalue weighted by atomic mass is 16.5. The first-order valence-corrected chi connectivity index (χ1v) is 24.3. The Balaban J connectivity index is 0.000000221. The predicted molar refractivity (Wildman–Crippen MR) is 298 cm³/mol. The number of benzene rings is 4. The number of methoxy groups -OCH3 is 3. The molecular weight excluding hydrogens is 971 g/mol. The molecule has 0 saturated carbocycles. The highest BCUT2D eigenvalue weighted by Crippen LogP contribution is 2.34. The third-order valence-corrected chi connectivity index (χ3v) is 12.2. The van der Waals surface area contributed by atoms with E-state index in [0.717, 1.165) is 52.7 Å². The van der Waals surface area contributed by atoms with Crippen molar-refractivity contribution in [2.45, 2.75) is 13.8 Å². The van der Waals surface area contributed by atoms with Gasteiger partial charge in [0.25, 0.3) is 0 Å². The molecule has 6 aromatic rings. The zero-order valence-corrected chi connectivity index (χ0v) is 43.4. The molecule has 0 atom stereocenters. The molecule has 2 saturated heterocycles. The average Bonchev–Trinajstić information content (AvgIpc) is 3.45. The lowest BCUT2D eigenvalue weighted by molar-refractivity contribution is -0.112. The first-order chi connectivity index (χ1) is 36.8. The maximum absolute atomic E-state index is 11.9. The summed E-state index contributed by atoms with van der Waals surface area (Å²) in [5, 5.41) is 21.2. The molecule has 2 aliphatic rings. The van der Waals surface area contributed by atoms with Crippen molar-refractivity contribution in [3.8, 4) is 11.5 Å². The number of piperazine rings is 2. The van der Waals surface area contributed by atoms with Crippen LogP contribution in [-0.4, -0.2) is 134 Å². The summed E-state index contributed by atoms with van der Waals surface area (Å²) in [4.78, 5) is 72.9. The van der Waals surface area contributed by atoms with E-state index in [1.165, 1.54) is 19.3 Å². The molecule has 4 heterocycles. The predicted octanol–water partition coefficient (Wildman–Crippen LogP) is 8.16. The van der Waals surface area contributed by atoms with E-state index in [1.807, 2.05) is 86.6 Å². The van der Waals surface area contributed by atoms with Crippen molar-refractivity contribution >= 4 is 93.0 Å². The lowest BCUT2D eigenvalue weighted by Gasteiger charge is -2.36. The number of hydrogen-bond acceptors (Lipinski definition) is 17. The molecule has 0 spiro atoms. The average molecular weight is 1030 g/mol. The zero-order valence-electron chi connectivity index (χ0n) is 43.4. The minimum Gasteiger partial charge on any atom is -0.494 e. The van der Waals surface area contributed by atoms with E-state index in [9.17, 15) is 19.2 Å². The summed E-state index contributed by atoms with van der Waals surface area (Å²) in [6.45, 7) is 16.1. The Hall–Kier alpha value is -9.60. The standard InChI is InChI=1S/C27H32N8O3.C27H31N7O4/c1-5-24(36)30-19-7-6-8-20(15-19)31-25-18(2)17-29-26(33-25)32-22-10-9-21(16-23(22)38-4)34-11-13-35(14-12-34)27(37)28-3;1-5-24(35)29-19-7-6-8-20(15-19)30-25-18(2)17-28-26(32-25)31-22-10-9-21(16-23(22)37-3)33-11-13-34(14-12-33)27(36)38-4/h5-10,15-17H,1,11-14H2,2-4H3,(H,28,37)(H,30,36)(H2,29,31,32,33);5-10,15-17H,1,11-14H2,2-4H3,(H,29,35)(H2,28,30,31,32). The smallest absolute Gasteiger partial charge is 0.409 e. The minimum absolute atomic E-state index is 0.0547. The van der Waals surface area contributed by atoms with Gasteiger partial charge in [-0.15, -0.1) is 0 Å². The summed E-state index contributed by atoms with van der Waals surface area (Å²) in [6.07, 6.45) is 5.59. The summed E-state index contributed by atoms with van der Waals surface area (Å²) in [6, 6.07) is 26.4. The summed E-state index contributed by atoms with van der Waals surface area (Å²) in [5.74, 6) is 2.77. The fourth-order valence-corrected chi connectivity index (χ4v) is 8.07.